The van der Waals surface area contributed by atoms with Gasteiger partial charge in [-0.1, -0.05) is 39.3 Å². The summed E-state index contributed by atoms with van der Waals surface area (Å²) in [6.07, 6.45) is 6.64. The Morgan fingerprint density at radius 1 is 1.38 bits per heavy atom. The number of ether oxygens (including phenoxy) is 1. The number of methoxy groups -OCH3 is 1. The molecule has 2 fully saturated rings. The molecule has 4 nitrogen and oxygen atoms in total. The molecule has 0 saturated heterocycles. The number of aliphatic hydroxyl groups is 1. The van der Waals surface area contributed by atoms with Crippen LogP contribution in [0.25, 0.3) is 0 Å². The van der Waals surface area contributed by atoms with Gasteiger partial charge >= 0.3 is 5.97 Å². The summed E-state index contributed by atoms with van der Waals surface area (Å²) in [5.74, 6) is -0.345. The van der Waals surface area contributed by atoms with E-state index in [1.165, 1.54) is 12.7 Å². The summed E-state index contributed by atoms with van der Waals surface area (Å²) in [5, 5.41) is 11.5. The minimum atomic E-state index is -2.06. The topological polar surface area (TPSA) is 55.8 Å². The second-order valence-electron chi connectivity index (χ2n) is 10.1. The van der Waals surface area contributed by atoms with Crippen molar-refractivity contribution in [2.24, 2.45) is 17.8 Å². The molecule has 2 unspecified atom stereocenters. The van der Waals surface area contributed by atoms with Gasteiger partial charge in [0.05, 0.1) is 24.2 Å². The molecule has 3 aliphatic rings. The van der Waals surface area contributed by atoms with E-state index in [2.05, 4.69) is 46.9 Å². The van der Waals surface area contributed by atoms with Crippen molar-refractivity contribution in [2.75, 3.05) is 7.11 Å². The Morgan fingerprint density at radius 2 is 2.04 bits per heavy atom. The third-order valence-electron chi connectivity index (χ3n) is 7.76. The maximum atomic E-state index is 12.7. The van der Waals surface area contributed by atoms with Crippen LogP contribution in [-0.2, 0) is 14.0 Å². The quantitative estimate of drug-likeness (QED) is 0.445. The number of rotatable bonds is 4. The zero-order valence-electron chi connectivity index (χ0n) is 17.5. The SMILES string of the molecule is CC[C@@]1(O)CCCC2=CC[C@]3(O[Si](C)(C)C(C)(C)C)C(C(=O)OC)C3[C@H]21. The predicted molar refractivity (Wildman–Crippen MR) is 105 cm³/mol. The van der Waals surface area contributed by atoms with E-state index in [0.29, 0.717) is 0 Å². The summed E-state index contributed by atoms with van der Waals surface area (Å²) in [5.41, 5.74) is 0.136. The van der Waals surface area contributed by atoms with E-state index in [1.54, 1.807) is 0 Å². The van der Waals surface area contributed by atoms with Gasteiger partial charge in [0.1, 0.15) is 0 Å². The fourth-order valence-electron chi connectivity index (χ4n) is 5.19. The van der Waals surface area contributed by atoms with Crippen molar-refractivity contribution < 1.29 is 19.1 Å². The molecule has 0 heterocycles. The minimum Gasteiger partial charge on any atom is -0.469 e. The van der Waals surface area contributed by atoms with Crippen molar-refractivity contribution in [1.82, 2.24) is 0 Å². The summed E-state index contributed by atoms with van der Waals surface area (Å²) in [4.78, 5) is 12.7. The van der Waals surface area contributed by atoms with Crippen LogP contribution in [0.2, 0.25) is 18.1 Å². The van der Waals surface area contributed by atoms with Gasteiger partial charge in [0.25, 0.3) is 0 Å². The molecule has 26 heavy (non-hydrogen) atoms. The summed E-state index contributed by atoms with van der Waals surface area (Å²) >= 11 is 0. The van der Waals surface area contributed by atoms with Gasteiger partial charge in [-0.3, -0.25) is 4.79 Å². The van der Waals surface area contributed by atoms with Crippen molar-refractivity contribution in [3.8, 4) is 0 Å². The fraction of sp³-hybridized carbons (Fsp3) is 0.857. The van der Waals surface area contributed by atoms with Gasteiger partial charge in [0.15, 0.2) is 8.32 Å². The molecule has 5 heteroatoms. The minimum absolute atomic E-state index is 0.0314. The van der Waals surface area contributed by atoms with E-state index in [4.69, 9.17) is 9.16 Å². The second-order valence-corrected chi connectivity index (χ2v) is 14.8. The summed E-state index contributed by atoms with van der Waals surface area (Å²) in [6, 6.07) is 0. The van der Waals surface area contributed by atoms with Crippen LogP contribution in [0.3, 0.4) is 0 Å². The van der Waals surface area contributed by atoms with Crippen LogP contribution in [0.1, 0.15) is 59.8 Å². The number of fused-ring (bicyclic) bond motifs is 3. The third-order valence-corrected chi connectivity index (χ3v) is 12.3. The molecule has 0 aromatic rings. The molecule has 0 bridgehead atoms. The van der Waals surface area contributed by atoms with Gasteiger partial charge in [0, 0.05) is 11.8 Å². The molecule has 0 aromatic heterocycles. The summed E-state index contributed by atoms with van der Waals surface area (Å²) < 4.78 is 12.1. The lowest BCUT2D eigenvalue weighted by molar-refractivity contribution is -0.144. The number of carbonyl (C=O) groups excluding carboxylic acids is 1. The molecule has 0 aromatic carbocycles. The van der Waals surface area contributed by atoms with E-state index in [-0.39, 0.29) is 28.8 Å². The Bertz CT molecular complexity index is 620. The van der Waals surface area contributed by atoms with Crippen LogP contribution < -0.4 is 0 Å². The third kappa shape index (κ3) is 2.82. The second kappa shape index (κ2) is 6.18. The van der Waals surface area contributed by atoms with E-state index < -0.39 is 19.5 Å². The lowest BCUT2D eigenvalue weighted by Crippen LogP contribution is -2.50. The molecule has 1 N–H and O–H groups in total. The van der Waals surface area contributed by atoms with Gasteiger partial charge in [-0.15, -0.1) is 0 Å². The predicted octanol–water partition coefficient (Wildman–Crippen LogP) is 4.44. The Balaban J connectivity index is 2.01. The van der Waals surface area contributed by atoms with Crippen molar-refractivity contribution >= 4 is 14.3 Å². The van der Waals surface area contributed by atoms with Gasteiger partial charge in [-0.25, -0.2) is 0 Å². The van der Waals surface area contributed by atoms with Gasteiger partial charge in [-0.2, -0.15) is 0 Å². The van der Waals surface area contributed by atoms with Crippen LogP contribution >= 0.6 is 0 Å². The Labute approximate surface area is 159 Å². The van der Waals surface area contributed by atoms with E-state index in [1.807, 2.05) is 0 Å². The van der Waals surface area contributed by atoms with Crippen LogP contribution in [0, 0.1) is 17.8 Å². The number of esters is 1. The van der Waals surface area contributed by atoms with Crippen molar-refractivity contribution in [3.63, 3.8) is 0 Å². The van der Waals surface area contributed by atoms with E-state index >= 15 is 0 Å². The van der Waals surface area contributed by atoms with Gasteiger partial charge in [0.2, 0.25) is 0 Å². The Kier molecular flexibility index (Phi) is 4.77. The lowest BCUT2D eigenvalue weighted by atomic mass is 9.66. The molecule has 0 spiro atoms. The summed E-state index contributed by atoms with van der Waals surface area (Å²) in [6.45, 7) is 13.2. The standard InChI is InChI=1S/C21H36O4Si/c1-8-20(23)12-9-10-14-11-13-21(25-26(6,7)19(2,3)4)16(15(14)20)17(21)18(22)24-5/h11,15-17,23H,8-10,12-13H2,1-7H3/t15-,16?,17?,20+,21+/m0/s1. The highest BCUT2D eigenvalue weighted by Gasteiger charge is 2.76. The smallest absolute Gasteiger partial charge is 0.311 e. The fourth-order valence-corrected chi connectivity index (χ4v) is 6.80. The normalized spacial score (nSPS) is 39.5. The average molecular weight is 381 g/mol. The first-order chi connectivity index (χ1) is 11.9. The Hall–Kier alpha value is -0.653. The number of hydrogen-bond acceptors (Lipinski definition) is 4. The average Bonchev–Trinajstić information content (AvgIpc) is 3.20. The molecule has 5 atom stereocenters. The first-order valence-corrected chi connectivity index (χ1v) is 13.0. The van der Waals surface area contributed by atoms with Crippen LogP contribution in [0.4, 0.5) is 0 Å². The summed E-state index contributed by atoms with van der Waals surface area (Å²) in [7, 11) is -0.589. The molecule has 2 saturated carbocycles. The molecule has 0 radical (unpaired) electrons. The molecular weight excluding hydrogens is 344 g/mol. The highest BCUT2D eigenvalue weighted by atomic mass is 28.4. The number of hydrogen-bond donors (Lipinski definition) is 1. The lowest BCUT2D eigenvalue weighted by Gasteiger charge is -2.46. The van der Waals surface area contributed by atoms with Crippen molar-refractivity contribution in [1.29, 1.82) is 0 Å². The largest absolute Gasteiger partial charge is 0.469 e. The molecular formula is C21H36O4Si. The Morgan fingerprint density at radius 3 is 2.58 bits per heavy atom. The highest BCUT2D eigenvalue weighted by Crippen LogP contribution is 2.69. The monoisotopic (exact) mass is 380 g/mol. The zero-order chi connectivity index (χ0) is 19.5. The number of carbonyl (C=O) groups is 1. The first-order valence-electron chi connectivity index (χ1n) is 10.1. The molecule has 3 aliphatic carbocycles. The highest BCUT2D eigenvalue weighted by molar-refractivity contribution is 6.74. The van der Waals surface area contributed by atoms with Crippen LogP contribution in [-0.4, -0.2) is 37.7 Å². The maximum Gasteiger partial charge on any atom is 0.311 e. The maximum absolute atomic E-state index is 12.7. The van der Waals surface area contributed by atoms with Crippen molar-refractivity contribution in [2.45, 2.75) is 89.1 Å². The van der Waals surface area contributed by atoms with Crippen molar-refractivity contribution in [3.05, 3.63) is 11.6 Å². The molecule has 148 valence electrons. The first kappa shape index (κ1) is 20.1. The molecule has 0 amide bonds. The van der Waals surface area contributed by atoms with Crippen LogP contribution in [0.15, 0.2) is 11.6 Å². The molecule has 3 rings (SSSR count). The van der Waals surface area contributed by atoms with E-state index in [0.717, 1.165) is 32.1 Å². The van der Waals surface area contributed by atoms with Gasteiger partial charge in [-0.05, 0) is 50.2 Å². The molecule has 0 aliphatic heterocycles. The van der Waals surface area contributed by atoms with E-state index in [9.17, 15) is 9.90 Å². The van der Waals surface area contributed by atoms with Crippen LogP contribution in [0.5, 0.6) is 0 Å². The van der Waals surface area contributed by atoms with Gasteiger partial charge < -0.3 is 14.3 Å². The zero-order valence-corrected chi connectivity index (χ0v) is 18.5.